The average Bonchev–Trinajstić information content (AvgIpc) is 2.83. The molecule has 35 heavy (non-hydrogen) atoms. The van der Waals surface area contributed by atoms with Crippen LogP contribution in [0.3, 0.4) is 0 Å². The lowest BCUT2D eigenvalue weighted by Crippen LogP contribution is -2.32. The summed E-state index contributed by atoms with van der Waals surface area (Å²) in [5.74, 6) is 1.09. The Labute approximate surface area is 206 Å². The van der Waals surface area contributed by atoms with Crippen LogP contribution in [0.15, 0.2) is 66.7 Å². The van der Waals surface area contributed by atoms with E-state index in [0.717, 1.165) is 17.4 Å². The van der Waals surface area contributed by atoms with Gasteiger partial charge in [-0.2, -0.15) is 0 Å². The van der Waals surface area contributed by atoms with Crippen LogP contribution in [0.5, 0.6) is 17.2 Å². The summed E-state index contributed by atoms with van der Waals surface area (Å²) in [7, 11) is -0.358. The van der Waals surface area contributed by atoms with Crippen molar-refractivity contribution in [2.75, 3.05) is 31.7 Å². The van der Waals surface area contributed by atoms with E-state index in [1.807, 2.05) is 36.4 Å². The topological polar surface area (TPSA) is 117 Å². The monoisotopic (exact) mass is 500 g/mol. The Hall–Kier alpha value is -3.27. The van der Waals surface area contributed by atoms with Crippen molar-refractivity contribution >= 4 is 15.7 Å². The highest BCUT2D eigenvalue weighted by Gasteiger charge is 2.17. The van der Waals surface area contributed by atoms with Crippen LogP contribution in [-0.4, -0.2) is 51.8 Å². The molecule has 3 aromatic carbocycles. The van der Waals surface area contributed by atoms with Crippen molar-refractivity contribution in [3.05, 3.63) is 83.4 Å². The van der Waals surface area contributed by atoms with Gasteiger partial charge in [-0.05, 0) is 53.8 Å². The van der Waals surface area contributed by atoms with Gasteiger partial charge in [0.2, 0.25) is 10.0 Å². The molecule has 3 rings (SSSR count). The van der Waals surface area contributed by atoms with Crippen LogP contribution < -0.4 is 19.5 Å². The van der Waals surface area contributed by atoms with E-state index in [9.17, 15) is 18.6 Å². The Morgan fingerprint density at radius 2 is 1.60 bits per heavy atom. The van der Waals surface area contributed by atoms with E-state index in [2.05, 4.69) is 22.2 Å². The second-order valence-corrected chi connectivity index (χ2v) is 10.1. The van der Waals surface area contributed by atoms with Crippen LogP contribution in [0.25, 0.3) is 0 Å². The Morgan fingerprint density at radius 1 is 0.886 bits per heavy atom. The number of hydrogen-bond acceptors (Lipinski definition) is 7. The molecule has 0 unspecified atom stereocenters. The van der Waals surface area contributed by atoms with Crippen LogP contribution in [0, 0.1) is 0 Å². The third-order valence-electron chi connectivity index (χ3n) is 5.52. The van der Waals surface area contributed by atoms with Gasteiger partial charge in [0, 0.05) is 12.6 Å². The fourth-order valence-corrected chi connectivity index (χ4v) is 4.40. The van der Waals surface area contributed by atoms with Gasteiger partial charge in [-0.25, -0.2) is 8.42 Å². The average molecular weight is 501 g/mol. The van der Waals surface area contributed by atoms with Gasteiger partial charge >= 0.3 is 0 Å². The van der Waals surface area contributed by atoms with Gasteiger partial charge in [0.15, 0.2) is 11.5 Å². The zero-order chi connectivity index (χ0) is 25.4. The quantitative estimate of drug-likeness (QED) is 0.282. The molecule has 2 atom stereocenters. The Balaban J connectivity index is 1.74. The van der Waals surface area contributed by atoms with Crippen molar-refractivity contribution in [2.45, 2.75) is 25.0 Å². The lowest BCUT2D eigenvalue weighted by Gasteiger charge is -2.23. The Morgan fingerprint density at radius 3 is 2.26 bits per heavy atom. The number of benzene rings is 3. The number of aromatic hydroxyl groups is 1. The SMILES string of the molecule is COc1ccc([C@H](Cc2ccccc2)NC[C@H](O)Cc2ccc(O)c(NS(C)(=O)=O)c2)cc1OC. The van der Waals surface area contributed by atoms with Gasteiger partial charge < -0.3 is 25.0 Å². The summed E-state index contributed by atoms with van der Waals surface area (Å²) >= 11 is 0. The normalized spacial score (nSPS) is 13.1. The predicted molar refractivity (Wildman–Crippen MR) is 137 cm³/mol. The minimum Gasteiger partial charge on any atom is -0.506 e. The first kappa shape index (κ1) is 26.3. The van der Waals surface area contributed by atoms with E-state index in [1.165, 1.54) is 12.1 Å². The molecule has 0 saturated carbocycles. The summed E-state index contributed by atoms with van der Waals surface area (Å²) in [6, 6.07) is 20.3. The number of methoxy groups -OCH3 is 2. The van der Waals surface area contributed by atoms with E-state index in [1.54, 1.807) is 20.3 Å². The number of nitrogens with one attached hydrogen (secondary N) is 2. The molecule has 0 fully saturated rings. The lowest BCUT2D eigenvalue weighted by molar-refractivity contribution is 0.167. The Bertz CT molecular complexity index is 1220. The molecule has 3 aromatic rings. The number of anilines is 1. The Kier molecular flexibility index (Phi) is 8.97. The first-order valence-corrected chi connectivity index (χ1v) is 13.0. The summed E-state index contributed by atoms with van der Waals surface area (Å²) in [4.78, 5) is 0. The molecule has 0 aliphatic carbocycles. The molecule has 0 aliphatic rings. The van der Waals surface area contributed by atoms with Gasteiger partial charge in [-0.1, -0.05) is 42.5 Å². The molecule has 0 aliphatic heterocycles. The molecular formula is C26H32N2O6S. The van der Waals surface area contributed by atoms with Crippen molar-refractivity contribution < 1.29 is 28.1 Å². The maximum Gasteiger partial charge on any atom is 0.229 e. The summed E-state index contributed by atoms with van der Waals surface area (Å²) in [5.41, 5.74) is 2.90. The molecular weight excluding hydrogens is 468 g/mol. The van der Waals surface area contributed by atoms with Gasteiger partial charge in [-0.15, -0.1) is 0 Å². The number of aliphatic hydroxyl groups excluding tert-OH is 1. The first-order chi connectivity index (χ1) is 16.7. The zero-order valence-electron chi connectivity index (χ0n) is 20.1. The van der Waals surface area contributed by atoms with Gasteiger partial charge in [0.25, 0.3) is 0 Å². The number of hydrogen-bond donors (Lipinski definition) is 4. The van der Waals surface area contributed by atoms with Crippen LogP contribution in [0.2, 0.25) is 0 Å². The van der Waals surface area contributed by atoms with Crippen LogP contribution >= 0.6 is 0 Å². The molecule has 0 radical (unpaired) electrons. The summed E-state index contributed by atoms with van der Waals surface area (Å²) in [5, 5.41) is 24.1. The molecule has 4 N–H and O–H groups in total. The van der Waals surface area contributed by atoms with E-state index in [4.69, 9.17) is 9.47 Å². The number of phenols is 1. The number of phenolic OH excluding ortho intramolecular Hbond substituents is 1. The number of sulfonamides is 1. The van der Waals surface area contributed by atoms with Crippen LogP contribution in [0.1, 0.15) is 22.7 Å². The zero-order valence-corrected chi connectivity index (χ0v) is 20.9. The van der Waals surface area contributed by atoms with Gasteiger partial charge in [0.1, 0.15) is 5.75 Å². The van der Waals surface area contributed by atoms with E-state index in [0.29, 0.717) is 30.0 Å². The number of ether oxygens (including phenoxy) is 2. The van der Waals surface area contributed by atoms with Crippen molar-refractivity contribution in [3.63, 3.8) is 0 Å². The molecule has 9 heteroatoms. The predicted octanol–water partition coefficient (Wildman–Crippen LogP) is 3.26. The fourth-order valence-electron chi connectivity index (χ4n) is 3.84. The summed E-state index contributed by atoms with van der Waals surface area (Å²) in [6.45, 7) is 0.293. The number of aliphatic hydroxyl groups is 1. The number of rotatable bonds is 12. The molecule has 188 valence electrons. The highest BCUT2D eigenvalue weighted by molar-refractivity contribution is 7.92. The highest BCUT2D eigenvalue weighted by atomic mass is 32.2. The molecule has 0 spiro atoms. The van der Waals surface area contributed by atoms with E-state index >= 15 is 0 Å². The van der Waals surface area contributed by atoms with Crippen molar-refractivity contribution in [2.24, 2.45) is 0 Å². The highest BCUT2D eigenvalue weighted by Crippen LogP contribution is 2.31. The van der Waals surface area contributed by atoms with Crippen molar-refractivity contribution in [1.29, 1.82) is 0 Å². The van der Waals surface area contributed by atoms with E-state index < -0.39 is 16.1 Å². The maximum absolute atomic E-state index is 11.5. The third kappa shape index (κ3) is 7.88. The smallest absolute Gasteiger partial charge is 0.229 e. The van der Waals surface area contributed by atoms with Gasteiger partial charge in [0.05, 0.1) is 32.3 Å². The van der Waals surface area contributed by atoms with Crippen molar-refractivity contribution in [1.82, 2.24) is 5.32 Å². The van der Waals surface area contributed by atoms with Crippen LogP contribution in [-0.2, 0) is 22.9 Å². The lowest BCUT2D eigenvalue weighted by atomic mass is 9.97. The molecule has 8 nitrogen and oxygen atoms in total. The standard InChI is InChI=1S/C26H32N2O6S/c1-33-25-12-10-20(16-26(25)34-2)22(14-18-7-5-4-6-8-18)27-17-21(29)13-19-9-11-24(30)23(15-19)28-35(3,31)32/h4-12,15-16,21-22,27-30H,13-14,17H2,1-3H3/t21-,22+/m1/s1. The minimum atomic E-state index is -3.54. The second kappa shape index (κ2) is 11.9. The molecule has 0 heterocycles. The van der Waals surface area contributed by atoms with Crippen LogP contribution in [0.4, 0.5) is 5.69 Å². The minimum absolute atomic E-state index is 0.0810. The maximum atomic E-state index is 11.5. The second-order valence-electron chi connectivity index (χ2n) is 8.35. The summed E-state index contributed by atoms with van der Waals surface area (Å²) < 4.78 is 36.2. The first-order valence-electron chi connectivity index (χ1n) is 11.2. The van der Waals surface area contributed by atoms with E-state index in [-0.39, 0.29) is 23.9 Å². The summed E-state index contributed by atoms with van der Waals surface area (Å²) in [6.07, 6.45) is 1.24. The molecule has 0 bridgehead atoms. The van der Waals surface area contributed by atoms with Crippen molar-refractivity contribution in [3.8, 4) is 17.2 Å². The molecule has 0 amide bonds. The largest absolute Gasteiger partial charge is 0.506 e. The molecule has 0 aromatic heterocycles. The fraction of sp³-hybridized carbons (Fsp3) is 0.308. The van der Waals surface area contributed by atoms with Gasteiger partial charge in [-0.3, -0.25) is 4.72 Å². The molecule has 0 saturated heterocycles. The third-order valence-corrected chi connectivity index (χ3v) is 6.11.